The van der Waals surface area contributed by atoms with E-state index < -0.39 is 80.1 Å². The van der Waals surface area contributed by atoms with Crippen molar-refractivity contribution in [1.82, 2.24) is 14.8 Å². The summed E-state index contributed by atoms with van der Waals surface area (Å²) in [5.41, 5.74) is 15.2. The highest BCUT2D eigenvalue weighted by molar-refractivity contribution is 8.00. The van der Waals surface area contributed by atoms with Crippen molar-refractivity contribution in [3.63, 3.8) is 0 Å². The van der Waals surface area contributed by atoms with Gasteiger partial charge < -0.3 is 51.8 Å². The molecule has 4 aliphatic rings. The summed E-state index contributed by atoms with van der Waals surface area (Å²) in [5.74, 6) is -8.45. The molecule has 0 spiro atoms. The molecule has 2 aromatic rings. The van der Waals surface area contributed by atoms with Crippen molar-refractivity contribution >= 4 is 63.5 Å². The minimum atomic E-state index is -1.79. The smallest absolute Gasteiger partial charge is 0.352 e. The third kappa shape index (κ3) is 6.52. The molecule has 4 aliphatic heterocycles. The Balaban J connectivity index is 1.20. The molecule has 5 heterocycles. The molecule has 21 heteroatoms. The monoisotopic (exact) mass is 791 g/mol. The number of phenolic OH excluding ortho intramolecular Hbond substituents is 2. The Morgan fingerprint density at radius 3 is 2.31 bits per heavy atom. The van der Waals surface area contributed by atoms with Crippen LogP contribution in [0, 0.1) is 11.7 Å². The largest absolute Gasteiger partial charge is 0.504 e. The van der Waals surface area contributed by atoms with E-state index in [1.54, 1.807) is 6.92 Å². The number of β-lactam (4-membered cyclic amide) rings is 1. The van der Waals surface area contributed by atoms with E-state index in [0.717, 1.165) is 23.5 Å². The Hall–Kier alpha value is -4.83. The number of quaternary nitrogens is 1. The number of hydrogen-bond donors (Lipinski definition) is 7. The topological polar surface area (TPSA) is 285 Å². The number of ketones is 1. The fourth-order valence-corrected chi connectivity index (χ4v) is 9.81. The predicted octanol–water partition coefficient (Wildman–Crippen LogP) is 0.0884. The van der Waals surface area contributed by atoms with Crippen LogP contribution in [0.15, 0.2) is 33.9 Å². The number of hydrogen-bond acceptors (Lipinski definition) is 15. The zero-order valence-corrected chi connectivity index (χ0v) is 31.2. The summed E-state index contributed by atoms with van der Waals surface area (Å²) in [4.78, 5) is 76.8. The number of carbonyl (C=O) groups is 5. The number of likely N-dealkylation sites (tertiary alicyclic amines) is 2. The van der Waals surface area contributed by atoms with Crippen molar-refractivity contribution in [3.8, 4) is 11.5 Å². The van der Waals surface area contributed by atoms with Gasteiger partial charge in [-0.25, -0.2) is 19.0 Å². The van der Waals surface area contributed by atoms with Gasteiger partial charge in [0.1, 0.15) is 42.1 Å². The first-order valence-electron chi connectivity index (χ1n) is 16.6. The molecular formula is C33H40FN8O10S2+. The molecule has 3 fully saturated rings. The van der Waals surface area contributed by atoms with E-state index in [1.807, 2.05) is 7.05 Å². The van der Waals surface area contributed by atoms with Crippen LogP contribution in [0.4, 0.5) is 9.52 Å². The zero-order chi connectivity index (χ0) is 39.9. The number of anilines is 1. The molecule has 6 rings (SSSR count). The van der Waals surface area contributed by atoms with Gasteiger partial charge in [0, 0.05) is 41.3 Å². The number of aliphatic carboxylic acids is 2. The molecule has 10 N–H and O–H groups in total. The number of benzene rings is 1. The number of nitrogens with two attached hydrogens (primary N) is 3. The minimum absolute atomic E-state index is 0.0193. The van der Waals surface area contributed by atoms with Gasteiger partial charge in [-0.2, -0.15) is 0 Å². The molecule has 1 unspecified atom stereocenters. The number of phenols is 2. The predicted molar refractivity (Wildman–Crippen MR) is 192 cm³/mol. The second kappa shape index (κ2) is 13.2. The molecule has 2 amide bonds. The standard InChI is InChI=1S/C33H39FN8O10S2/c1-14-17(8-42(4)12-32(36)10-40(11-33(32,37)13-42)25(46)15-5-18(34)24(45)21(44)6-15)23(28(48)49)41-26(47)16(27(41)54-14)7-20(43)22(19-9-53-30(35)38-19)39-52-31(2,3)29(50)51/h5-6,9,14,16,27H,7-8,10-13,36-37H2,1-4H3,(H5-,35,38,39,43,44,45,46,48,49,50,51)/p+1/t14-,16+,27+,32-,33+,42?/m0/s1. The average Bonchev–Trinajstić information content (AvgIpc) is 3.66. The lowest BCUT2D eigenvalue weighted by Crippen LogP contribution is -2.64. The van der Waals surface area contributed by atoms with Gasteiger partial charge in [-0.15, -0.1) is 23.1 Å². The minimum Gasteiger partial charge on any atom is -0.504 e. The number of oxime groups is 1. The van der Waals surface area contributed by atoms with Gasteiger partial charge in [0.15, 0.2) is 33.9 Å². The number of Topliss-reactive ketones (excluding diaryl/α,β-unsaturated/α-hetero) is 1. The Labute approximate surface area is 315 Å². The van der Waals surface area contributed by atoms with Gasteiger partial charge in [0.25, 0.3) is 5.91 Å². The molecule has 0 saturated carbocycles. The van der Waals surface area contributed by atoms with E-state index in [-0.39, 0.29) is 71.4 Å². The lowest BCUT2D eigenvalue weighted by molar-refractivity contribution is -0.896. The van der Waals surface area contributed by atoms with Crippen LogP contribution >= 0.6 is 23.1 Å². The van der Waals surface area contributed by atoms with E-state index in [2.05, 4.69) is 10.1 Å². The molecular weight excluding hydrogens is 752 g/mol. The molecule has 0 radical (unpaired) electrons. The molecule has 1 aromatic carbocycles. The molecule has 0 aliphatic carbocycles. The quantitative estimate of drug-likeness (QED) is 0.0522. The maximum atomic E-state index is 14.1. The average molecular weight is 792 g/mol. The van der Waals surface area contributed by atoms with Crippen molar-refractivity contribution in [1.29, 1.82) is 0 Å². The molecule has 3 saturated heterocycles. The van der Waals surface area contributed by atoms with Gasteiger partial charge in [-0.1, -0.05) is 5.16 Å². The number of fused-ring (bicyclic) bond motifs is 2. The summed E-state index contributed by atoms with van der Waals surface area (Å²) in [6.45, 7) is 4.83. The van der Waals surface area contributed by atoms with E-state index >= 15 is 0 Å². The number of aromatic hydroxyl groups is 2. The molecule has 290 valence electrons. The highest BCUT2D eigenvalue weighted by Gasteiger charge is 2.66. The van der Waals surface area contributed by atoms with Crippen LogP contribution in [0.1, 0.15) is 43.2 Å². The fraction of sp³-hybridized carbons (Fsp3) is 0.485. The van der Waals surface area contributed by atoms with Crippen LogP contribution in [-0.2, 0) is 24.0 Å². The van der Waals surface area contributed by atoms with Crippen LogP contribution < -0.4 is 17.2 Å². The summed E-state index contributed by atoms with van der Waals surface area (Å²) >= 11 is 2.33. The van der Waals surface area contributed by atoms with Crippen molar-refractivity contribution in [2.45, 2.75) is 54.5 Å². The summed E-state index contributed by atoms with van der Waals surface area (Å²) < 4.78 is 14.3. The second-order valence-electron chi connectivity index (χ2n) is 15.1. The second-order valence-corrected chi connectivity index (χ2v) is 17.5. The lowest BCUT2D eigenvalue weighted by Gasteiger charge is -2.51. The number of thiazole rings is 1. The van der Waals surface area contributed by atoms with Gasteiger partial charge in [0.05, 0.1) is 18.3 Å². The van der Waals surface area contributed by atoms with Crippen molar-refractivity contribution in [2.24, 2.45) is 22.5 Å². The normalized spacial score (nSPS) is 29.5. The number of nitrogen functional groups attached to an aromatic ring is 1. The van der Waals surface area contributed by atoms with Gasteiger partial charge in [0.2, 0.25) is 11.5 Å². The number of carboxylic acid groups (broad SMARTS) is 2. The van der Waals surface area contributed by atoms with E-state index in [0.29, 0.717) is 5.57 Å². The fourth-order valence-electron chi connectivity index (χ4n) is 7.76. The van der Waals surface area contributed by atoms with Crippen LogP contribution in [0.2, 0.25) is 0 Å². The maximum Gasteiger partial charge on any atom is 0.352 e. The Morgan fingerprint density at radius 1 is 1.15 bits per heavy atom. The number of amides is 2. The third-order valence-electron chi connectivity index (χ3n) is 10.4. The van der Waals surface area contributed by atoms with Crippen molar-refractivity contribution in [3.05, 3.63) is 45.9 Å². The number of aromatic nitrogens is 1. The Kier molecular flexibility index (Phi) is 9.49. The van der Waals surface area contributed by atoms with Gasteiger partial charge >= 0.3 is 11.9 Å². The summed E-state index contributed by atoms with van der Waals surface area (Å²) in [6, 6.07) is 1.77. The molecule has 6 atom stereocenters. The first-order valence-corrected chi connectivity index (χ1v) is 18.4. The number of halogens is 1. The van der Waals surface area contributed by atoms with E-state index in [4.69, 9.17) is 22.0 Å². The van der Waals surface area contributed by atoms with Crippen LogP contribution in [0.3, 0.4) is 0 Å². The highest BCUT2D eigenvalue weighted by Crippen LogP contribution is 2.50. The summed E-state index contributed by atoms with van der Waals surface area (Å²) in [5, 5.41) is 43.5. The Bertz CT molecular complexity index is 2010. The third-order valence-corrected chi connectivity index (χ3v) is 12.6. The number of carboxylic acids is 2. The van der Waals surface area contributed by atoms with Crippen LogP contribution in [-0.4, -0.2) is 142 Å². The lowest BCUT2D eigenvalue weighted by atomic mass is 9.85. The van der Waals surface area contributed by atoms with E-state index in [1.165, 1.54) is 40.8 Å². The van der Waals surface area contributed by atoms with Gasteiger partial charge in [-0.05, 0) is 32.9 Å². The highest BCUT2D eigenvalue weighted by atomic mass is 32.2. The first kappa shape index (κ1) is 38.9. The van der Waals surface area contributed by atoms with Crippen molar-refractivity contribution in [2.75, 3.05) is 45.5 Å². The number of rotatable bonds is 11. The van der Waals surface area contributed by atoms with Crippen LogP contribution in [0.5, 0.6) is 11.5 Å². The maximum absolute atomic E-state index is 14.1. The SMILES string of the molecule is C[C@@H]1S[C@@H]2[C@H](CC(=O)/C(=N\OC(C)(C)C(=O)O)c3csc(N)n3)C(=O)N2C(C(=O)O)=C1C[N+]1(C)C[C@]2(N)CN(C(=O)c3cc(O)c(O)c(F)c3)C[C@]2(N)C1. The van der Waals surface area contributed by atoms with Gasteiger partial charge in [-0.3, -0.25) is 19.3 Å². The first-order chi connectivity index (χ1) is 25.0. The number of likely N-dealkylation sites (N-methyl/N-ethyl adjacent to an activating group) is 1. The Morgan fingerprint density at radius 2 is 1.78 bits per heavy atom. The number of thioether (sulfide) groups is 1. The van der Waals surface area contributed by atoms with Crippen molar-refractivity contribution < 1.29 is 58.1 Å². The zero-order valence-electron chi connectivity index (χ0n) is 29.6. The molecule has 54 heavy (non-hydrogen) atoms. The number of nitrogens with zero attached hydrogens (tertiary/aromatic N) is 5. The summed E-state index contributed by atoms with van der Waals surface area (Å²) in [6.07, 6.45) is -0.389. The summed E-state index contributed by atoms with van der Waals surface area (Å²) in [7, 11) is 1.86. The van der Waals surface area contributed by atoms with Crippen LogP contribution in [0.25, 0.3) is 0 Å². The molecule has 1 aromatic heterocycles. The van der Waals surface area contributed by atoms with E-state index in [9.17, 15) is 48.8 Å². The number of carbonyl (C=O) groups excluding carboxylic acids is 3. The molecule has 0 bridgehead atoms. The molecule has 18 nitrogen and oxygen atoms in total.